The number of hydrogen-bond donors (Lipinski definition) is 2. The minimum Gasteiger partial charge on any atom is -0.334 e. The number of imidazole rings is 1. The maximum atomic E-state index is 12.3. The van der Waals surface area contributed by atoms with Gasteiger partial charge in [0, 0.05) is 24.8 Å². The van der Waals surface area contributed by atoms with Crippen LogP contribution in [0.3, 0.4) is 0 Å². The van der Waals surface area contributed by atoms with E-state index in [0.717, 1.165) is 31.8 Å². The predicted octanol–water partition coefficient (Wildman–Crippen LogP) is 0.632. The van der Waals surface area contributed by atoms with Crippen molar-refractivity contribution in [1.82, 2.24) is 19.6 Å². The summed E-state index contributed by atoms with van der Waals surface area (Å²) in [5.74, 6) is 0.733. The van der Waals surface area contributed by atoms with Crippen LogP contribution in [0.25, 0.3) is 0 Å². The second-order valence-corrected chi connectivity index (χ2v) is 7.04. The van der Waals surface area contributed by atoms with Crippen LogP contribution in [0.1, 0.15) is 32.5 Å². The van der Waals surface area contributed by atoms with Gasteiger partial charge in [-0.2, -0.15) is 0 Å². The van der Waals surface area contributed by atoms with Crippen LogP contribution in [0.15, 0.2) is 11.2 Å². The molecule has 2 heterocycles. The highest BCUT2D eigenvalue weighted by atomic mass is 32.2. The number of aromatic nitrogens is 2. The molecule has 1 aromatic heterocycles. The van der Waals surface area contributed by atoms with Crippen LogP contribution in [0.2, 0.25) is 0 Å². The lowest BCUT2D eigenvalue weighted by Crippen LogP contribution is -2.47. The SMILES string of the molecule is CCCn1cc(S(=O)(=O)NC2(C)CCNC2)nc1C. The Morgan fingerprint density at radius 2 is 2.32 bits per heavy atom. The Bertz CT molecular complexity index is 544. The molecule has 0 amide bonds. The van der Waals surface area contributed by atoms with Gasteiger partial charge in [0.1, 0.15) is 5.82 Å². The van der Waals surface area contributed by atoms with Crippen LogP contribution in [0.4, 0.5) is 0 Å². The molecule has 1 aromatic rings. The topological polar surface area (TPSA) is 76.0 Å². The second kappa shape index (κ2) is 5.22. The summed E-state index contributed by atoms with van der Waals surface area (Å²) in [4.78, 5) is 4.17. The molecule has 2 N–H and O–H groups in total. The Kier molecular flexibility index (Phi) is 3.98. The lowest BCUT2D eigenvalue weighted by molar-refractivity contribution is 0.451. The van der Waals surface area contributed by atoms with Gasteiger partial charge in [0.05, 0.1) is 0 Å². The minimum absolute atomic E-state index is 0.117. The van der Waals surface area contributed by atoms with Gasteiger partial charge in [-0.05, 0) is 33.2 Å². The maximum absolute atomic E-state index is 12.3. The van der Waals surface area contributed by atoms with Crippen LogP contribution >= 0.6 is 0 Å². The number of aryl methyl sites for hydroxylation is 2. The van der Waals surface area contributed by atoms with E-state index in [1.54, 1.807) is 6.20 Å². The van der Waals surface area contributed by atoms with Gasteiger partial charge < -0.3 is 9.88 Å². The molecule has 0 spiro atoms. The molecule has 0 radical (unpaired) electrons. The highest BCUT2D eigenvalue weighted by molar-refractivity contribution is 7.89. The minimum atomic E-state index is -3.54. The summed E-state index contributed by atoms with van der Waals surface area (Å²) in [5, 5.41) is 3.29. The van der Waals surface area contributed by atoms with E-state index in [4.69, 9.17) is 0 Å². The quantitative estimate of drug-likeness (QED) is 0.832. The van der Waals surface area contributed by atoms with Gasteiger partial charge in [-0.15, -0.1) is 0 Å². The van der Waals surface area contributed by atoms with Crippen LogP contribution in [0.5, 0.6) is 0 Å². The van der Waals surface area contributed by atoms with Gasteiger partial charge in [0.25, 0.3) is 10.0 Å². The van der Waals surface area contributed by atoms with E-state index in [9.17, 15) is 8.42 Å². The molecule has 0 saturated carbocycles. The van der Waals surface area contributed by atoms with E-state index in [1.165, 1.54) is 0 Å². The number of rotatable bonds is 5. The lowest BCUT2D eigenvalue weighted by atomic mass is 10.0. The van der Waals surface area contributed by atoms with Gasteiger partial charge >= 0.3 is 0 Å². The fourth-order valence-electron chi connectivity index (χ4n) is 2.36. The summed E-state index contributed by atoms with van der Waals surface area (Å²) in [7, 11) is -3.54. The molecule has 1 aliphatic heterocycles. The zero-order valence-electron chi connectivity index (χ0n) is 11.7. The number of nitrogens with zero attached hydrogens (tertiary/aromatic N) is 2. The fourth-order valence-corrected chi connectivity index (χ4v) is 3.80. The Morgan fingerprint density at radius 3 is 2.89 bits per heavy atom. The third-order valence-electron chi connectivity index (χ3n) is 3.44. The van der Waals surface area contributed by atoms with Crippen molar-refractivity contribution in [3.05, 3.63) is 12.0 Å². The molecule has 2 rings (SSSR count). The zero-order valence-corrected chi connectivity index (χ0v) is 12.5. The molecule has 108 valence electrons. The maximum Gasteiger partial charge on any atom is 0.260 e. The van der Waals surface area contributed by atoms with Crippen molar-refractivity contribution < 1.29 is 8.42 Å². The molecule has 1 atom stereocenters. The molecule has 0 bridgehead atoms. The van der Waals surface area contributed by atoms with Crippen LogP contribution in [-0.2, 0) is 16.6 Å². The van der Waals surface area contributed by atoms with E-state index >= 15 is 0 Å². The average molecular weight is 286 g/mol. The molecule has 1 unspecified atom stereocenters. The first-order valence-electron chi connectivity index (χ1n) is 6.65. The van der Waals surface area contributed by atoms with Gasteiger partial charge in [0.15, 0.2) is 5.03 Å². The monoisotopic (exact) mass is 286 g/mol. The average Bonchev–Trinajstić information content (AvgIpc) is 2.87. The number of nitrogens with one attached hydrogen (secondary N) is 2. The molecule has 7 heteroatoms. The summed E-state index contributed by atoms with van der Waals surface area (Å²) >= 11 is 0. The summed E-state index contributed by atoms with van der Waals surface area (Å²) < 4.78 is 29.3. The van der Waals surface area contributed by atoms with Crippen LogP contribution < -0.4 is 10.0 Å². The number of sulfonamides is 1. The molecule has 0 aliphatic carbocycles. The van der Waals surface area contributed by atoms with Crippen molar-refractivity contribution in [2.24, 2.45) is 0 Å². The van der Waals surface area contributed by atoms with Crippen molar-refractivity contribution in [2.75, 3.05) is 13.1 Å². The van der Waals surface area contributed by atoms with Gasteiger partial charge in [0.2, 0.25) is 0 Å². The predicted molar refractivity (Wildman–Crippen MR) is 73.5 cm³/mol. The Morgan fingerprint density at radius 1 is 1.58 bits per heavy atom. The van der Waals surface area contributed by atoms with Crippen molar-refractivity contribution in [3.8, 4) is 0 Å². The molecule has 1 saturated heterocycles. The van der Waals surface area contributed by atoms with E-state index < -0.39 is 15.6 Å². The Hall–Kier alpha value is -0.920. The lowest BCUT2D eigenvalue weighted by Gasteiger charge is -2.23. The normalized spacial score (nSPS) is 23.9. The Labute approximate surface area is 114 Å². The first-order valence-corrected chi connectivity index (χ1v) is 8.13. The summed E-state index contributed by atoms with van der Waals surface area (Å²) in [6, 6.07) is 0. The highest BCUT2D eigenvalue weighted by Crippen LogP contribution is 2.18. The molecule has 0 aromatic carbocycles. The Balaban J connectivity index is 2.22. The molecule has 6 nitrogen and oxygen atoms in total. The molecular formula is C12H22N4O2S. The summed E-state index contributed by atoms with van der Waals surface area (Å²) in [5.41, 5.74) is -0.415. The molecule has 1 aliphatic rings. The number of hydrogen-bond acceptors (Lipinski definition) is 4. The molecule has 1 fully saturated rings. The molecular weight excluding hydrogens is 264 g/mol. The highest BCUT2D eigenvalue weighted by Gasteiger charge is 2.34. The van der Waals surface area contributed by atoms with Crippen LogP contribution in [0, 0.1) is 6.92 Å². The first kappa shape index (κ1) is 14.5. The third-order valence-corrected chi connectivity index (χ3v) is 4.95. The smallest absolute Gasteiger partial charge is 0.260 e. The van der Waals surface area contributed by atoms with Gasteiger partial charge in [-0.3, -0.25) is 0 Å². The largest absolute Gasteiger partial charge is 0.334 e. The fraction of sp³-hybridized carbons (Fsp3) is 0.750. The molecule has 19 heavy (non-hydrogen) atoms. The van der Waals surface area contributed by atoms with Gasteiger partial charge in [-0.1, -0.05) is 6.92 Å². The summed E-state index contributed by atoms with van der Waals surface area (Å²) in [6.07, 6.45) is 3.36. The van der Waals surface area contributed by atoms with Crippen molar-refractivity contribution in [3.63, 3.8) is 0 Å². The third kappa shape index (κ3) is 3.16. The van der Waals surface area contributed by atoms with Crippen molar-refractivity contribution >= 4 is 10.0 Å². The first-order chi connectivity index (χ1) is 8.86. The van der Waals surface area contributed by atoms with E-state index in [2.05, 4.69) is 21.9 Å². The van der Waals surface area contributed by atoms with E-state index in [0.29, 0.717) is 6.54 Å². The second-order valence-electron chi connectivity index (χ2n) is 5.41. The zero-order chi connectivity index (χ0) is 14.1. The van der Waals surface area contributed by atoms with E-state index in [-0.39, 0.29) is 5.03 Å². The van der Waals surface area contributed by atoms with Crippen molar-refractivity contribution in [1.29, 1.82) is 0 Å². The summed E-state index contributed by atoms with van der Waals surface area (Å²) in [6.45, 7) is 8.07. The van der Waals surface area contributed by atoms with Gasteiger partial charge in [-0.25, -0.2) is 18.1 Å². The van der Waals surface area contributed by atoms with E-state index in [1.807, 2.05) is 18.4 Å². The van der Waals surface area contributed by atoms with Crippen LogP contribution in [-0.4, -0.2) is 36.6 Å². The van der Waals surface area contributed by atoms with Crippen molar-refractivity contribution in [2.45, 2.75) is 50.7 Å². The standard InChI is InChI=1S/C12H22N4O2S/c1-4-7-16-8-11(14-10(16)2)19(17,18)15-12(3)5-6-13-9-12/h8,13,15H,4-7,9H2,1-3H3.